The number of nitrogens with two attached hydrogens (primary N) is 1. The standard InChI is InChI=1S/C23H31N5O7/c1-3-12(2)20(23(35)26-11-19(31)32)28-22(34)17(9-18(29)30)27-21(33)15(24)8-13-10-25-16-7-5-4-6-14(13)16/h4-7,10,12,15,17,20,25H,3,8-9,11,24H2,1-2H3,(H,26,35)(H,27,33)(H,28,34)(H,29,30)(H,31,32). The third-order valence-corrected chi connectivity index (χ3v) is 5.67. The van der Waals surface area contributed by atoms with E-state index in [0.29, 0.717) is 6.42 Å². The van der Waals surface area contributed by atoms with E-state index in [4.69, 9.17) is 10.8 Å². The summed E-state index contributed by atoms with van der Waals surface area (Å²) in [5, 5.41) is 25.9. The number of carboxylic acid groups (broad SMARTS) is 2. The molecule has 4 unspecified atom stereocenters. The Morgan fingerprint density at radius 3 is 2.31 bits per heavy atom. The summed E-state index contributed by atoms with van der Waals surface area (Å²) in [4.78, 5) is 63.2. The molecule has 0 aliphatic carbocycles. The summed E-state index contributed by atoms with van der Waals surface area (Å²) in [6.45, 7) is 2.81. The van der Waals surface area contributed by atoms with E-state index in [0.717, 1.165) is 16.5 Å². The molecule has 2 rings (SSSR count). The Hall–Kier alpha value is -3.93. The van der Waals surface area contributed by atoms with Crippen molar-refractivity contribution in [1.82, 2.24) is 20.9 Å². The maximum absolute atomic E-state index is 12.9. The lowest BCUT2D eigenvalue weighted by Crippen LogP contribution is -2.58. The SMILES string of the molecule is CCC(C)C(NC(=O)C(CC(=O)O)NC(=O)C(N)Cc1c[nH]c2ccccc12)C(=O)NCC(=O)O. The molecule has 1 aromatic heterocycles. The molecule has 190 valence electrons. The Kier molecular flexibility index (Phi) is 9.76. The first-order valence-electron chi connectivity index (χ1n) is 11.2. The van der Waals surface area contributed by atoms with E-state index in [2.05, 4.69) is 20.9 Å². The van der Waals surface area contributed by atoms with Gasteiger partial charge in [-0.15, -0.1) is 0 Å². The minimum atomic E-state index is -1.49. The normalized spacial score (nSPS) is 14.4. The second-order valence-corrected chi connectivity index (χ2v) is 8.31. The molecule has 0 saturated heterocycles. The number of H-pyrrole nitrogens is 1. The fourth-order valence-corrected chi connectivity index (χ4v) is 3.52. The summed E-state index contributed by atoms with van der Waals surface area (Å²) in [7, 11) is 0. The van der Waals surface area contributed by atoms with Crippen LogP contribution in [0.3, 0.4) is 0 Å². The molecule has 0 radical (unpaired) electrons. The van der Waals surface area contributed by atoms with Gasteiger partial charge in [-0.3, -0.25) is 24.0 Å². The van der Waals surface area contributed by atoms with E-state index in [1.165, 1.54) is 0 Å². The second kappa shape index (κ2) is 12.5. The summed E-state index contributed by atoms with van der Waals surface area (Å²) in [6, 6.07) is 3.77. The lowest BCUT2D eigenvalue weighted by atomic mass is 9.97. The number of hydrogen-bond acceptors (Lipinski definition) is 6. The van der Waals surface area contributed by atoms with Crippen LogP contribution in [0.2, 0.25) is 0 Å². The van der Waals surface area contributed by atoms with Gasteiger partial charge in [0, 0.05) is 17.1 Å². The highest BCUT2D eigenvalue weighted by molar-refractivity contribution is 5.95. The van der Waals surface area contributed by atoms with Crippen molar-refractivity contribution in [3.05, 3.63) is 36.0 Å². The first-order valence-corrected chi connectivity index (χ1v) is 11.2. The number of nitrogens with one attached hydrogen (secondary N) is 4. The third-order valence-electron chi connectivity index (χ3n) is 5.67. The van der Waals surface area contributed by atoms with E-state index in [-0.39, 0.29) is 6.42 Å². The molecule has 0 saturated carbocycles. The van der Waals surface area contributed by atoms with Crippen LogP contribution >= 0.6 is 0 Å². The molecule has 0 fully saturated rings. The minimum absolute atomic E-state index is 0.143. The fourth-order valence-electron chi connectivity index (χ4n) is 3.52. The highest BCUT2D eigenvalue weighted by Gasteiger charge is 2.32. The molecule has 4 atom stereocenters. The van der Waals surface area contributed by atoms with Gasteiger partial charge < -0.3 is 36.9 Å². The number of aromatic nitrogens is 1. The number of carbonyl (C=O) groups excluding carboxylic acids is 3. The third kappa shape index (κ3) is 7.81. The van der Waals surface area contributed by atoms with Crippen molar-refractivity contribution in [2.24, 2.45) is 11.7 Å². The topological polar surface area (TPSA) is 204 Å². The number of carboxylic acids is 2. The summed E-state index contributed by atoms with van der Waals surface area (Å²) in [5.74, 6) is -5.34. The van der Waals surface area contributed by atoms with Gasteiger partial charge >= 0.3 is 11.9 Å². The number of amides is 3. The first kappa shape index (κ1) is 27.3. The number of carbonyl (C=O) groups is 5. The van der Waals surface area contributed by atoms with Gasteiger partial charge in [0.1, 0.15) is 18.6 Å². The van der Waals surface area contributed by atoms with Gasteiger partial charge in [-0.05, 0) is 24.0 Å². The highest BCUT2D eigenvalue weighted by Crippen LogP contribution is 2.19. The van der Waals surface area contributed by atoms with E-state index in [1.807, 2.05) is 24.3 Å². The monoisotopic (exact) mass is 489 g/mol. The van der Waals surface area contributed by atoms with Crippen molar-refractivity contribution >= 4 is 40.6 Å². The van der Waals surface area contributed by atoms with Crippen LogP contribution in [0.25, 0.3) is 10.9 Å². The highest BCUT2D eigenvalue weighted by atomic mass is 16.4. The molecule has 8 N–H and O–H groups in total. The number of benzene rings is 1. The van der Waals surface area contributed by atoms with Gasteiger partial charge in [0.2, 0.25) is 17.7 Å². The zero-order valence-electron chi connectivity index (χ0n) is 19.5. The average molecular weight is 490 g/mol. The Balaban J connectivity index is 2.11. The van der Waals surface area contributed by atoms with E-state index in [9.17, 15) is 29.1 Å². The summed E-state index contributed by atoms with van der Waals surface area (Å²) < 4.78 is 0. The van der Waals surface area contributed by atoms with E-state index >= 15 is 0 Å². The molecule has 1 heterocycles. The maximum atomic E-state index is 12.9. The molecular formula is C23H31N5O7. The first-order chi connectivity index (χ1) is 16.5. The lowest BCUT2D eigenvalue weighted by molar-refractivity contribution is -0.142. The predicted octanol–water partition coefficient (Wildman–Crippen LogP) is -0.271. The molecule has 1 aromatic carbocycles. The second-order valence-electron chi connectivity index (χ2n) is 8.31. The Bertz CT molecular complexity index is 1080. The van der Waals surface area contributed by atoms with Crippen LogP contribution in [-0.2, 0) is 30.4 Å². The van der Waals surface area contributed by atoms with Gasteiger partial charge in [-0.1, -0.05) is 38.5 Å². The Labute approximate surface area is 201 Å². The number of aromatic amines is 1. The molecule has 2 aromatic rings. The van der Waals surface area contributed by atoms with Gasteiger partial charge in [0.05, 0.1) is 12.5 Å². The quantitative estimate of drug-likeness (QED) is 0.199. The Morgan fingerprint density at radius 2 is 1.69 bits per heavy atom. The van der Waals surface area contributed by atoms with Crippen LogP contribution in [0.5, 0.6) is 0 Å². The van der Waals surface area contributed by atoms with Crippen LogP contribution in [0.4, 0.5) is 0 Å². The van der Waals surface area contributed by atoms with Crippen LogP contribution in [0.1, 0.15) is 32.3 Å². The number of para-hydroxylation sites is 1. The molecule has 12 heteroatoms. The molecule has 0 aliphatic rings. The molecule has 0 bridgehead atoms. The van der Waals surface area contributed by atoms with Crippen LogP contribution in [0, 0.1) is 5.92 Å². The number of hydrogen-bond donors (Lipinski definition) is 7. The molecule has 35 heavy (non-hydrogen) atoms. The van der Waals surface area contributed by atoms with E-state index < -0.39 is 66.7 Å². The number of rotatable bonds is 13. The Morgan fingerprint density at radius 1 is 1.00 bits per heavy atom. The van der Waals surface area contributed by atoms with Crippen molar-refractivity contribution in [2.45, 2.75) is 51.2 Å². The zero-order valence-corrected chi connectivity index (χ0v) is 19.5. The van der Waals surface area contributed by atoms with Crippen molar-refractivity contribution in [3.63, 3.8) is 0 Å². The predicted molar refractivity (Wildman–Crippen MR) is 126 cm³/mol. The molecule has 3 amide bonds. The molecular weight excluding hydrogens is 458 g/mol. The molecule has 0 spiro atoms. The van der Waals surface area contributed by atoms with Crippen LogP contribution in [0.15, 0.2) is 30.5 Å². The largest absolute Gasteiger partial charge is 0.481 e. The summed E-state index contributed by atoms with van der Waals surface area (Å²) in [6.07, 6.45) is 1.61. The van der Waals surface area contributed by atoms with Gasteiger partial charge in [-0.25, -0.2) is 0 Å². The molecule has 0 aliphatic heterocycles. The van der Waals surface area contributed by atoms with Crippen LogP contribution < -0.4 is 21.7 Å². The van der Waals surface area contributed by atoms with Crippen molar-refractivity contribution in [1.29, 1.82) is 0 Å². The van der Waals surface area contributed by atoms with Gasteiger partial charge in [-0.2, -0.15) is 0 Å². The fraction of sp³-hybridized carbons (Fsp3) is 0.435. The van der Waals surface area contributed by atoms with Crippen LogP contribution in [-0.4, -0.2) is 69.5 Å². The summed E-state index contributed by atoms with van der Waals surface area (Å²) in [5.41, 5.74) is 7.70. The minimum Gasteiger partial charge on any atom is -0.481 e. The molecule has 12 nitrogen and oxygen atoms in total. The number of fused-ring (bicyclic) bond motifs is 1. The number of aliphatic carboxylic acids is 2. The van der Waals surface area contributed by atoms with Crippen molar-refractivity contribution in [3.8, 4) is 0 Å². The smallest absolute Gasteiger partial charge is 0.322 e. The lowest BCUT2D eigenvalue weighted by Gasteiger charge is -2.26. The van der Waals surface area contributed by atoms with Gasteiger partial charge in [0.15, 0.2) is 0 Å². The van der Waals surface area contributed by atoms with Crippen molar-refractivity contribution < 1.29 is 34.2 Å². The van der Waals surface area contributed by atoms with E-state index in [1.54, 1.807) is 20.0 Å². The average Bonchev–Trinajstić information content (AvgIpc) is 3.22. The maximum Gasteiger partial charge on any atom is 0.322 e. The van der Waals surface area contributed by atoms with Gasteiger partial charge in [0.25, 0.3) is 0 Å². The zero-order chi connectivity index (χ0) is 26.1. The summed E-state index contributed by atoms with van der Waals surface area (Å²) >= 11 is 0. The van der Waals surface area contributed by atoms with Crippen molar-refractivity contribution in [2.75, 3.05) is 6.54 Å².